The van der Waals surface area contributed by atoms with E-state index in [1.54, 1.807) is 16.8 Å². The van der Waals surface area contributed by atoms with Crippen LogP contribution in [-0.4, -0.2) is 41.3 Å². The minimum absolute atomic E-state index is 0.0737. The molecule has 37 heavy (non-hydrogen) atoms. The first-order valence-electron chi connectivity index (χ1n) is 12.3. The summed E-state index contributed by atoms with van der Waals surface area (Å²) in [6.07, 6.45) is 7.18. The Bertz CT molecular complexity index is 1690. The summed E-state index contributed by atoms with van der Waals surface area (Å²) in [6, 6.07) is 15.5. The van der Waals surface area contributed by atoms with Crippen LogP contribution in [0.2, 0.25) is 5.02 Å². The molecule has 0 fully saturated rings. The molecule has 7 rings (SSSR count). The van der Waals surface area contributed by atoms with Crippen molar-refractivity contribution < 1.29 is 0 Å². The van der Waals surface area contributed by atoms with E-state index in [9.17, 15) is 4.79 Å². The van der Waals surface area contributed by atoms with Gasteiger partial charge >= 0.3 is 0 Å². The fourth-order valence-electron chi connectivity index (χ4n) is 5.52. The number of anilines is 1. The van der Waals surface area contributed by atoms with Gasteiger partial charge in [0.05, 0.1) is 23.6 Å². The predicted molar refractivity (Wildman–Crippen MR) is 141 cm³/mol. The molecule has 2 aliphatic heterocycles. The van der Waals surface area contributed by atoms with Crippen LogP contribution in [0.4, 0.5) is 5.69 Å². The van der Waals surface area contributed by atoms with Crippen LogP contribution in [0.1, 0.15) is 36.0 Å². The van der Waals surface area contributed by atoms with E-state index in [0.717, 1.165) is 71.8 Å². The van der Waals surface area contributed by atoms with Gasteiger partial charge in [0.15, 0.2) is 0 Å². The summed E-state index contributed by atoms with van der Waals surface area (Å²) in [5.74, 6) is 0.802. The Hall–Kier alpha value is -4.24. The number of imidazole rings is 1. The third-order valence-corrected chi connectivity index (χ3v) is 7.50. The summed E-state index contributed by atoms with van der Waals surface area (Å²) < 4.78 is 3.42. The highest BCUT2D eigenvalue weighted by Crippen LogP contribution is 2.35. The molecule has 9 nitrogen and oxygen atoms in total. The lowest BCUT2D eigenvalue weighted by molar-refractivity contribution is 0.572. The lowest BCUT2D eigenvalue weighted by Gasteiger charge is -2.18. The predicted octanol–water partition coefficient (Wildman–Crippen LogP) is 4.43. The van der Waals surface area contributed by atoms with Gasteiger partial charge in [0.1, 0.15) is 12.2 Å². The maximum absolute atomic E-state index is 13.4. The Morgan fingerprint density at radius 3 is 2.86 bits per heavy atom. The highest BCUT2D eigenvalue weighted by Gasteiger charge is 2.28. The third-order valence-electron chi connectivity index (χ3n) is 7.26. The highest BCUT2D eigenvalue weighted by molar-refractivity contribution is 6.31. The van der Waals surface area contributed by atoms with Crippen molar-refractivity contribution in [2.75, 3.05) is 11.9 Å². The van der Waals surface area contributed by atoms with Crippen LogP contribution >= 0.6 is 11.6 Å². The van der Waals surface area contributed by atoms with Crippen LogP contribution in [0.25, 0.3) is 28.1 Å². The quantitative estimate of drug-likeness (QED) is 0.370. The van der Waals surface area contributed by atoms with Gasteiger partial charge in [0.2, 0.25) is 0 Å². The number of aryl methyl sites for hydroxylation is 2. The lowest BCUT2D eigenvalue weighted by Crippen LogP contribution is -2.23. The number of aromatic amines is 1. The summed E-state index contributed by atoms with van der Waals surface area (Å²) in [4.78, 5) is 21.6. The van der Waals surface area contributed by atoms with Gasteiger partial charge in [-0.15, -0.1) is 5.10 Å². The van der Waals surface area contributed by atoms with Crippen LogP contribution in [0.15, 0.2) is 65.8 Å². The van der Waals surface area contributed by atoms with Crippen molar-refractivity contribution in [3.63, 3.8) is 0 Å². The molecule has 0 bridgehead atoms. The minimum Gasteiger partial charge on any atom is -0.385 e. The molecular formula is C27H23ClN8O. The lowest BCUT2D eigenvalue weighted by atomic mass is 10.00. The number of rotatable bonds is 4. The van der Waals surface area contributed by atoms with Crippen molar-refractivity contribution in [2.24, 2.45) is 0 Å². The van der Waals surface area contributed by atoms with Crippen molar-refractivity contribution in [3.05, 3.63) is 93.5 Å². The van der Waals surface area contributed by atoms with E-state index in [1.807, 2.05) is 22.9 Å². The molecule has 3 aromatic heterocycles. The zero-order chi connectivity index (χ0) is 24.9. The number of aromatic nitrogens is 7. The number of nitrogens with zero attached hydrogens (tertiary/aromatic N) is 6. The summed E-state index contributed by atoms with van der Waals surface area (Å²) in [7, 11) is 0. The summed E-state index contributed by atoms with van der Waals surface area (Å²) in [6.45, 7) is 1.02. The fraction of sp³-hybridized carbons (Fsp3) is 0.222. The zero-order valence-corrected chi connectivity index (χ0v) is 20.6. The molecule has 0 saturated carbocycles. The Morgan fingerprint density at radius 1 is 1.03 bits per heavy atom. The van der Waals surface area contributed by atoms with E-state index in [-0.39, 0.29) is 11.6 Å². The number of halogens is 1. The number of H-pyrrole nitrogens is 1. The number of tetrazole rings is 1. The van der Waals surface area contributed by atoms with E-state index >= 15 is 0 Å². The van der Waals surface area contributed by atoms with Crippen LogP contribution in [-0.2, 0) is 12.8 Å². The molecule has 184 valence electrons. The topological polar surface area (TPSA) is 106 Å². The average Bonchev–Trinajstić information content (AvgIpc) is 3.69. The van der Waals surface area contributed by atoms with E-state index in [4.69, 9.17) is 16.6 Å². The summed E-state index contributed by atoms with van der Waals surface area (Å²) in [5.41, 5.74) is 7.85. The Balaban J connectivity index is 1.24. The highest BCUT2D eigenvalue weighted by atomic mass is 35.5. The molecule has 2 aromatic carbocycles. The van der Waals surface area contributed by atoms with Crippen molar-refractivity contribution in [3.8, 4) is 28.1 Å². The molecule has 0 aliphatic carbocycles. The monoisotopic (exact) mass is 510 g/mol. The maximum atomic E-state index is 13.4. The first-order chi connectivity index (χ1) is 18.1. The van der Waals surface area contributed by atoms with Crippen LogP contribution in [0.5, 0.6) is 0 Å². The SMILES string of the molecule is O=c1cc(-c2cc(Cl)ccc2-n2cnnn2)cc2n1[C@H](c1ncc(-c3ccc4c(c3)CCCN4)[nH]1)CC2. The number of hydrogen-bond donors (Lipinski definition) is 2. The number of hydrogen-bond acceptors (Lipinski definition) is 6. The molecule has 5 aromatic rings. The van der Waals surface area contributed by atoms with Crippen molar-refractivity contribution in [1.82, 2.24) is 34.7 Å². The van der Waals surface area contributed by atoms with Crippen molar-refractivity contribution in [1.29, 1.82) is 0 Å². The molecule has 0 radical (unpaired) electrons. The average molecular weight is 511 g/mol. The molecule has 0 amide bonds. The Labute approximate surface area is 217 Å². The molecule has 0 saturated heterocycles. The normalized spacial score (nSPS) is 16.3. The Morgan fingerprint density at radius 2 is 1.97 bits per heavy atom. The van der Waals surface area contributed by atoms with Crippen LogP contribution in [0.3, 0.4) is 0 Å². The third kappa shape index (κ3) is 3.82. The standard InChI is InChI=1S/C27H23ClN8O/c28-19-4-7-24(35-15-31-33-34-35)21(13-19)18-11-20-5-8-25(36(20)26(37)12-18)27-30-14-23(32-27)17-3-6-22-16(10-17)2-1-9-29-22/h3-4,6-7,10-15,25,29H,1-2,5,8-9H2,(H,30,32)/t25-/m0/s1. The second-order valence-corrected chi connectivity index (χ2v) is 9.93. The van der Waals surface area contributed by atoms with Crippen LogP contribution in [0, 0.1) is 0 Å². The van der Waals surface area contributed by atoms with Gasteiger partial charge in [-0.3, -0.25) is 4.79 Å². The molecule has 5 heterocycles. The van der Waals surface area contributed by atoms with Gasteiger partial charge in [-0.2, -0.15) is 4.68 Å². The van der Waals surface area contributed by atoms with Gasteiger partial charge in [0, 0.05) is 34.6 Å². The van der Waals surface area contributed by atoms with Gasteiger partial charge in [0.25, 0.3) is 5.56 Å². The molecule has 0 unspecified atom stereocenters. The van der Waals surface area contributed by atoms with Gasteiger partial charge in [-0.05, 0) is 89.2 Å². The van der Waals surface area contributed by atoms with Crippen LogP contribution < -0.4 is 10.9 Å². The number of nitrogens with one attached hydrogen (secondary N) is 2. The molecule has 2 N–H and O–H groups in total. The van der Waals surface area contributed by atoms with Gasteiger partial charge in [-0.1, -0.05) is 17.7 Å². The molecule has 10 heteroatoms. The van der Waals surface area contributed by atoms with E-state index in [2.05, 4.69) is 50.1 Å². The number of benzene rings is 2. The first kappa shape index (κ1) is 22.0. The molecular weight excluding hydrogens is 488 g/mol. The Kier molecular flexibility index (Phi) is 5.17. The number of fused-ring (bicyclic) bond motifs is 2. The second kappa shape index (κ2) is 8.70. The minimum atomic E-state index is -0.136. The zero-order valence-electron chi connectivity index (χ0n) is 19.9. The summed E-state index contributed by atoms with van der Waals surface area (Å²) in [5, 5.41) is 15.5. The second-order valence-electron chi connectivity index (χ2n) is 9.50. The number of pyridine rings is 1. The maximum Gasteiger partial charge on any atom is 0.252 e. The fourth-order valence-corrected chi connectivity index (χ4v) is 5.69. The smallest absolute Gasteiger partial charge is 0.252 e. The van der Waals surface area contributed by atoms with E-state index in [1.165, 1.54) is 17.6 Å². The molecule has 0 spiro atoms. The van der Waals surface area contributed by atoms with E-state index in [0.29, 0.717) is 5.02 Å². The van der Waals surface area contributed by atoms with Crippen molar-refractivity contribution in [2.45, 2.75) is 31.7 Å². The molecule has 1 atom stereocenters. The first-order valence-corrected chi connectivity index (χ1v) is 12.7. The van der Waals surface area contributed by atoms with E-state index < -0.39 is 0 Å². The summed E-state index contributed by atoms with van der Waals surface area (Å²) >= 11 is 6.32. The molecule has 2 aliphatic rings. The van der Waals surface area contributed by atoms with Gasteiger partial charge in [-0.25, -0.2) is 4.98 Å². The largest absolute Gasteiger partial charge is 0.385 e. The van der Waals surface area contributed by atoms with Crippen molar-refractivity contribution >= 4 is 17.3 Å². The van der Waals surface area contributed by atoms with Gasteiger partial charge < -0.3 is 14.9 Å².